The van der Waals surface area contributed by atoms with Gasteiger partial charge in [-0.2, -0.15) is 5.26 Å². The molecule has 0 aromatic heterocycles. The Bertz CT molecular complexity index is 829. The lowest BCUT2D eigenvalue weighted by molar-refractivity contribution is -0.112. The van der Waals surface area contributed by atoms with Crippen LogP contribution in [-0.2, 0) is 4.79 Å². The Morgan fingerprint density at radius 1 is 1.09 bits per heavy atom. The maximum absolute atomic E-state index is 12.3. The lowest BCUT2D eigenvalue weighted by Gasteiger charge is -2.08. The van der Waals surface area contributed by atoms with Crippen LogP contribution in [0.2, 0.25) is 0 Å². The minimum absolute atomic E-state index is 0.0161. The largest absolute Gasteiger partial charge is 0.321 e. The van der Waals surface area contributed by atoms with Crippen LogP contribution in [0.25, 0.3) is 6.08 Å². The summed E-state index contributed by atoms with van der Waals surface area (Å²) in [6.07, 6.45) is 1.54. The third-order valence-corrected chi connectivity index (χ3v) is 3.41. The van der Waals surface area contributed by atoms with Crippen molar-refractivity contribution in [1.82, 2.24) is 0 Å². The molecular formula is C19H16N2O2. The zero-order chi connectivity index (χ0) is 16.8. The summed E-state index contributed by atoms with van der Waals surface area (Å²) in [5, 5.41) is 11.9. The molecule has 0 aliphatic heterocycles. The number of nitrogens with one attached hydrogen (secondary N) is 1. The third kappa shape index (κ3) is 3.92. The number of carbonyl (C=O) groups excluding carboxylic acids is 2. The molecule has 1 amide bonds. The average molecular weight is 304 g/mol. The van der Waals surface area contributed by atoms with Gasteiger partial charge in [-0.25, -0.2) is 0 Å². The zero-order valence-corrected chi connectivity index (χ0v) is 13.0. The number of amides is 1. The molecular weight excluding hydrogens is 288 g/mol. The van der Waals surface area contributed by atoms with E-state index in [-0.39, 0.29) is 11.4 Å². The highest BCUT2D eigenvalue weighted by molar-refractivity contribution is 6.12. The monoisotopic (exact) mass is 304 g/mol. The lowest BCUT2D eigenvalue weighted by Crippen LogP contribution is -2.15. The SMILES string of the molecule is CC(=O)c1ccccc1NC(=O)/C(C#N)=C\c1ccccc1C. The van der Waals surface area contributed by atoms with Crippen LogP contribution in [0.15, 0.2) is 54.1 Å². The molecule has 0 unspecified atom stereocenters. The lowest BCUT2D eigenvalue weighted by atomic mass is 10.1. The Morgan fingerprint density at radius 2 is 1.74 bits per heavy atom. The highest BCUT2D eigenvalue weighted by atomic mass is 16.2. The van der Waals surface area contributed by atoms with Gasteiger partial charge in [-0.05, 0) is 43.2 Å². The van der Waals surface area contributed by atoms with Crippen molar-refractivity contribution < 1.29 is 9.59 Å². The fourth-order valence-corrected chi connectivity index (χ4v) is 2.14. The van der Waals surface area contributed by atoms with Gasteiger partial charge in [-0.3, -0.25) is 9.59 Å². The van der Waals surface area contributed by atoms with Gasteiger partial charge in [0.2, 0.25) is 0 Å². The van der Waals surface area contributed by atoms with Gasteiger partial charge in [0.05, 0.1) is 5.69 Å². The molecule has 0 saturated carbocycles. The van der Waals surface area contributed by atoms with Crippen LogP contribution in [0.4, 0.5) is 5.69 Å². The third-order valence-electron chi connectivity index (χ3n) is 3.41. The first-order valence-corrected chi connectivity index (χ1v) is 7.11. The Labute approximate surface area is 135 Å². The van der Waals surface area contributed by atoms with Crippen molar-refractivity contribution in [2.24, 2.45) is 0 Å². The van der Waals surface area contributed by atoms with Crippen molar-refractivity contribution in [3.05, 3.63) is 70.8 Å². The van der Waals surface area contributed by atoms with Crippen molar-refractivity contribution >= 4 is 23.5 Å². The van der Waals surface area contributed by atoms with Crippen molar-refractivity contribution in [1.29, 1.82) is 5.26 Å². The standard InChI is InChI=1S/C19H16N2O2/c1-13-7-3-4-8-15(13)11-16(12-20)19(23)21-18-10-6-5-9-17(18)14(2)22/h3-11H,1-2H3,(H,21,23)/b16-11-. The smallest absolute Gasteiger partial charge is 0.266 e. The van der Waals surface area contributed by atoms with Gasteiger partial charge in [0.25, 0.3) is 5.91 Å². The summed E-state index contributed by atoms with van der Waals surface area (Å²) in [5.41, 5.74) is 2.57. The molecule has 0 saturated heterocycles. The van der Waals surface area contributed by atoms with Crippen LogP contribution in [0.5, 0.6) is 0 Å². The zero-order valence-electron chi connectivity index (χ0n) is 13.0. The quantitative estimate of drug-likeness (QED) is 0.531. The highest BCUT2D eigenvalue weighted by Crippen LogP contribution is 2.18. The summed E-state index contributed by atoms with van der Waals surface area (Å²) in [6, 6.07) is 16.1. The minimum atomic E-state index is -0.538. The summed E-state index contributed by atoms with van der Waals surface area (Å²) >= 11 is 0. The van der Waals surface area contributed by atoms with E-state index in [1.165, 1.54) is 6.92 Å². The van der Waals surface area contributed by atoms with E-state index >= 15 is 0 Å². The van der Waals surface area contributed by atoms with Crippen molar-refractivity contribution in [3.8, 4) is 6.07 Å². The number of benzene rings is 2. The molecule has 0 heterocycles. The second-order valence-electron chi connectivity index (χ2n) is 5.08. The molecule has 0 fully saturated rings. The normalized spacial score (nSPS) is 10.7. The number of para-hydroxylation sites is 1. The molecule has 0 radical (unpaired) electrons. The maximum atomic E-state index is 12.3. The van der Waals surface area contributed by atoms with Gasteiger partial charge >= 0.3 is 0 Å². The number of rotatable bonds is 4. The molecule has 114 valence electrons. The van der Waals surface area contributed by atoms with Crippen LogP contribution in [-0.4, -0.2) is 11.7 Å². The summed E-state index contributed by atoms with van der Waals surface area (Å²) in [4.78, 5) is 23.9. The topological polar surface area (TPSA) is 70.0 Å². The van der Waals surface area contributed by atoms with Gasteiger partial charge < -0.3 is 5.32 Å². The maximum Gasteiger partial charge on any atom is 0.266 e. The molecule has 0 bridgehead atoms. The predicted octanol–water partition coefficient (Wildman–Crippen LogP) is 3.74. The van der Waals surface area contributed by atoms with Crippen molar-refractivity contribution in [3.63, 3.8) is 0 Å². The summed E-state index contributed by atoms with van der Waals surface area (Å²) in [7, 11) is 0. The van der Waals surface area contributed by atoms with Crippen LogP contribution in [0, 0.1) is 18.3 Å². The van der Waals surface area contributed by atoms with Crippen LogP contribution < -0.4 is 5.32 Å². The molecule has 0 aliphatic carbocycles. The van der Waals surface area contributed by atoms with Crippen LogP contribution in [0.3, 0.4) is 0 Å². The van der Waals surface area contributed by atoms with E-state index < -0.39 is 5.91 Å². The van der Waals surface area contributed by atoms with E-state index in [9.17, 15) is 14.9 Å². The molecule has 1 N–H and O–H groups in total. The van der Waals surface area contributed by atoms with Crippen molar-refractivity contribution in [2.45, 2.75) is 13.8 Å². The molecule has 0 aliphatic rings. The van der Waals surface area contributed by atoms with Gasteiger partial charge in [-0.15, -0.1) is 0 Å². The van der Waals surface area contributed by atoms with E-state index in [0.29, 0.717) is 11.3 Å². The number of ketones is 1. The number of Topliss-reactive ketones (excluding diaryl/α,β-unsaturated/α-hetero) is 1. The Kier molecular flexibility index (Phi) is 5.06. The fourth-order valence-electron chi connectivity index (χ4n) is 2.14. The van der Waals surface area contributed by atoms with E-state index in [1.807, 2.05) is 37.3 Å². The number of hydrogen-bond acceptors (Lipinski definition) is 3. The first-order valence-electron chi connectivity index (χ1n) is 7.11. The second kappa shape index (κ2) is 7.19. The van der Waals surface area contributed by atoms with E-state index in [0.717, 1.165) is 11.1 Å². The highest BCUT2D eigenvalue weighted by Gasteiger charge is 2.13. The second-order valence-corrected chi connectivity index (χ2v) is 5.08. The van der Waals surface area contributed by atoms with Gasteiger partial charge in [0.1, 0.15) is 11.6 Å². The van der Waals surface area contributed by atoms with E-state index in [4.69, 9.17) is 0 Å². The molecule has 2 aromatic carbocycles. The minimum Gasteiger partial charge on any atom is -0.321 e. The average Bonchev–Trinajstić information content (AvgIpc) is 2.54. The summed E-state index contributed by atoms with van der Waals surface area (Å²) < 4.78 is 0. The van der Waals surface area contributed by atoms with Crippen molar-refractivity contribution in [2.75, 3.05) is 5.32 Å². The first-order chi connectivity index (χ1) is 11.0. The van der Waals surface area contributed by atoms with E-state index in [1.54, 1.807) is 30.3 Å². The number of nitrogens with zero attached hydrogens (tertiary/aromatic N) is 1. The van der Waals surface area contributed by atoms with Crippen LogP contribution in [0.1, 0.15) is 28.4 Å². The molecule has 4 heteroatoms. The molecule has 2 rings (SSSR count). The van der Waals surface area contributed by atoms with E-state index in [2.05, 4.69) is 5.32 Å². The number of anilines is 1. The van der Waals surface area contributed by atoms with Gasteiger partial charge in [0.15, 0.2) is 5.78 Å². The fraction of sp³-hybridized carbons (Fsp3) is 0.105. The Hall–Kier alpha value is -3.19. The summed E-state index contributed by atoms with van der Waals surface area (Å²) in [5.74, 6) is -0.688. The number of nitriles is 1. The Morgan fingerprint density at radius 3 is 2.39 bits per heavy atom. The Balaban J connectivity index is 2.31. The summed E-state index contributed by atoms with van der Waals surface area (Å²) in [6.45, 7) is 3.34. The predicted molar refractivity (Wildman–Crippen MR) is 89.8 cm³/mol. The van der Waals surface area contributed by atoms with Gasteiger partial charge in [0, 0.05) is 5.56 Å². The molecule has 0 spiro atoms. The number of aryl methyl sites for hydroxylation is 1. The first kappa shape index (κ1) is 16.2. The molecule has 0 atom stereocenters. The number of hydrogen-bond donors (Lipinski definition) is 1. The van der Waals surface area contributed by atoms with Crippen LogP contribution >= 0.6 is 0 Å². The molecule has 2 aromatic rings. The molecule has 23 heavy (non-hydrogen) atoms. The van der Waals surface area contributed by atoms with Gasteiger partial charge in [-0.1, -0.05) is 36.4 Å². The molecule has 4 nitrogen and oxygen atoms in total. The number of carbonyl (C=O) groups is 2.